The van der Waals surface area contributed by atoms with Crippen LogP contribution in [0.15, 0.2) is 72.3 Å². The van der Waals surface area contributed by atoms with E-state index in [9.17, 15) is 4.39 Å². The van der Waals surface area contributed by atoms with E-state index in [4.69, 9.17) is 0 Å². The molecule has 2 aliphatic rings. The Morgan fingerprint density at radius 3 is 2.41 bits per heavy atom. The highest BCUT2D eigenvalue weighted by atomic mass is 19.1. The molecule has 0 saturated carbocycles. The van der Waals surface area contributed by atoms with Crippen molar-refractivity contribution >= 4 is 17.2 Å². The molecule has 34 heavy (non-hydrogen) atoms. The van der Waals surface area contributed by atoms with Crippen molar-refractivity contribution in [1.82, 2.24) is 4.90 Å². The second-order valence-electron chi connectivity index (χ2n) is 9.79. The summed E-state index contributed by atoms with van der Waals surface area (Å²) in [5.74, 6) is 0. The first-order valence-electron chi connectivity index (χ1n) is 12.6. The first-order chi connectivity index (χ1) is 16.6. The fourth-order valence-corrected chi connectivity index (χ4v) is 5.45. The Balaban J connectivity index is 1.52. The molecule has 0 aromatic heterocycles. The van der Waals surface area contributed by atoms with Crippen molar-refractivity contribution in [2.75, 3.05) is 26.3 Å². The number of nitrogens with zero attached hydrogens (tertiary/aromatic N) is 1. The lowest BCUT2D eigenvalue weighted by Gasteiger charge is -2.33. The summed E-state index contributed by atoms with van der Waals surface area (Å²) in [4.78, 5) is 2.31. The molecule has 2 heteroatoms. The largest absolute Gasteiger partial charge is 0.295 e. The smallest absolute Gasteiger partial charge is 0.0906 e. The Morgan fingerprint density at radius 1 is 0.853 bits per heavy atom. The van der Waals surface area contributed by atoms with Gasteiger partial charge in [-0.1, -0.05) is 72.8 Å². The second-order valence-corrected chi connectivity index (χ2v) is 9.79. The van der Waals surface area contributed by atoms with E-state index >= 15 is 0 Å². The van der Waals surface area contributed by atoms with Gasteiger partial charge in [-0.3, -0.25) is 9.29 Å². The molecule has 3 aromatic rings. The molecular formula is C32H34FN. The number of hydrogen-bond donors (Lipinski definition) is 0. The number of aryl methyl sites for hydroxylation is 2. The van der Waals surface area contributed by atoms with Gasteiger partial charge >= 0.3 is 0 Å². The van der Waals surface area contributed by atoms with E-state index in [-0.39, 0.29) is 6.67 Å². The van der Waals surface area contributed by atoms with Crippen LogP contribution in [-0.4, -0.2) is 31.2 Å². The van der Waals surface area contributed by atoms with Crippen molar-refractivity contribution in [3.05, 3.63) is 111 Å². The number of halogens is 1. The topological polar surface area (TPSA) is 3.24 Å². The number of benzene rings is 3. The van der Waals surface area contributed by atoms with Gasteiger partial charge in [-0.15, -0.1) is 0 Å². The first-order valence-corrected chi connectivity index (χ1v) is 12.6. The van der Waals surface area contributed by atoms with Crippen molar-refractivity contribution in [1.29, 1.82) is 0 Å². The molecule has 1 heterocycles. The van der Waals surface area contributed by atoms with Gasteiger partial charge in [-0.2, -0.15) is 0 Å². The standard InChI is InChI=1S/C32H34FN/c1-23-8-5-12-29(24(23)2)31-13-6-10-27-9-3-4-11-30(27)32(31)28-16-14-25(15-17-28)20-26-21-34(22-26)19-7-18-33/h3-5,8-9,11-12,14-17,20H,6-7,10,13,18-19,21-22H2,1-2H3. The quantitative estimate of drug-likeness (QED) is 0.372. The summed E-state index contributed by atoms with van der Waals surface area (Å²) in [6.07, 6.45) is 6.33. The van der Waals surface area contributed by atoms with Gasteiger partial charge in [0.05, 0.1) is 6.67 Å². The SMILES string of the molecule is Cc1cccc(C2=C(c3ccc(C=C4CN(CCCF)C4)cc3)c3ccccc3CCC2)c1C. The second kappa shape index (κ2) is 10.1. The predicted molar refractivity (Wildman–Crippen MR) is 143 cm³/mol. The van der Waals surface area contributed by atoms with E-state index in [1.165, 1.54) is 62.1 Å². The Hall–Kier alpha value is -2.97. The van der Waals surface area contributed by atoms with E-state index in [1.54, 1.807) is 0 Å². The van der Waals surface area contributed by atoms with Gasteiger partial charge < -0.3 is 0 Å². The van der Waals surface area contributed by atoms with Crippen LogP contribution in [0.1, 0.15) is 58.2 Å². The molecule has 174 valence electrons. The van der Waals surface area contributed by atoms with E-state index in [0.29, 0.717) is 6.42 Å². The van der Waals surface area contributed by atoms with Gasteiger partial charge in [-0.25, -0.2) is 0 Å². The molecule has 5 rings (SSSR count). The van der Waals surface area contributed by atoms with Crippen LogP contribution in [0.4, 0.5) is 4.39 Å². The summed E-state index contributed by atoms with van der Waals surface area (Å²) >= 11 is 0. The molecule has 0 N–H and O–H groups in total. The molecule has 0 spiro atoms. The molecule has 0 radical (unpaired) electrons. The minimum absolute atomic E-state index is 0.222. The molecule has 1 aliphatic heterocycles. The Kier molecular flexibility index (Phi) is 6.78. The third kappa shape index (κ3) is 4.65. The highest BCUT2D eigenvalue weighted by Crippen LogP contribution is 2.41. The number of hydrogen-bond acceptors (Lipinski definition) is 1. The van der Waals surface area contributed by atoms with Crippen LogP contribution in [0.3, 0.4) is 0 Å². The van der Waals surface area contributed by atoms with Crippen LogP contribution in [0.2, 0.25) is 0 Å². The summed E-state index contributed by atoms with van der Waals surface area (Å²) < 4.78 is 12.4. The molecule has 0 amide bonds. The van der Waals surface area contributed by atoms with Crippen molar-refractivity contribution in [2.24, 2.45) is 0 Å². The minimum atomic E-state index is -0.222. The zero-order chi connectivity index (χ0) is 23.5. The van der Waals surface area contributed by atoms with Crippen LogP contribution in [0.5, 0.6) is 0 Å². The molecule has 3 aromatic carbocycles. The van der Waals surface area contributed by atoms with E-state index in [0.717, 1.165) is 32.5 Å². The summed E-state index contributed by atoms with van der Waals surface area (Å²) in [7, 11) is 0. The molecule has 1 fully saturated rings. The van der Waals surface area contributed by atoms with Gasteiger partial charge in [0.15, 0.2) is 0 Å². The van der Waals surface area contributed by atoms with Crippen molar-refractivity contribution < 1.29 is 4.39 Å². The molecule has 0 unspecified atom stereocenters. The Bertz CT molecular complexity index is 1220. The van der Waals surface area contributed by atoms with Crippen molar-refractivity contribution in [2.45, 2.75) is 39.5 Å². The summed E-state index contributed by atoms with van der Waals surface area (Å²) in [5.41, 5.74) is 13.8. The summed E-state index contributed by atoms with van der Waals surface area (Å²) in [5, 5.41) is 0. The highest BCUT2D eigenvalue weighted by Gasteiger charge is 2.22. The molecule has 1 nitrogen and oxygen atoms in total. The maximum absolute atomic E-state index is 12.4. The van der Waals surface area contributed by atoms with Gasteiger partial charge in [0, 0.05) is 19.6 Å². The average molecular weight is 452 g/mol. The lowest BCUT2D eigenvalue weighted by atomic mass is 9.85. The zero-order valence-corrected chi connectivity index (χ0v) is 20.4. The normalized spacial score (nSPS) is 16.1. The highest BCUT2D eigenvalue weighted by molar-refractivity contribution is 6.00. The van der Waals surface area contributed by atoms with E-state index in [2.05, 4.69) is 91.6 Å². The number of fused-ring (bicyclic) bond motifs is 1. The van der Waals surface area contributed by atoms with Crippen molar-refractivity contribution in [3.8, 4) is 0 Å². The van der Waals surface area contributed by atoms with E-state index in [1.807, 2.05) is 0 Å². The Morgan fingerprint density at radius 2 is 1.62 bits per heavy atom. The monoisotopic (exact) mass is 451 g/mol. The molecule has 0 atom stereocenters. The summed E-state index contributed by atoms with van der Waals surface area (Å²) in [6.45, 7) is 7.05. The lowest BCUT2D eigenvalue weighted by Crippen LogP contribution is -2.40. The summed E-state index contributed by atoms with van der Waals surface area (Å²) in [6, 6.07) is 24.8. The van der Waals surface area contributed by atoms with Crippen LogP contribution < -0.4 is 0 Å². The predicted octanol–water partition coefficient (Wildman–Crippen LogP) is 7.66. The lowest BCUT2D eigenvalue weighted by molar-refractivity contribution is 0.239. The Labute approximate surface area is 203 Å². The minimum Gasteiger partial charge on any atom is -0.295 e. The third-order valence-corrected chi connectivity index (χ3v) is 7.42. The van der Waals surface area contributed by atoms with Gasteiger partial charge in [0.25, 0.3) is 0 Å². The molecule has 1 aliphatic carbocycles. The average Bonchev–Trinajstić information content (AvgIpc) is 3.02. The van der Waals surface area contributed by atoms with Gasteiger partial charge in [0.2, 0.25) is 0 Å². The van der Waals surface area contributed by atoms with E-state index < -0.39 is 0 Å². The fourth-order valence-electron chi connectivity index (χ4n) is 5.45. The molecule has 0 bridgehead atoms. The first kappa shape index (κ1) is 22.8. The number of allylic oxidation sites excluding steroid dienone is 1. The maximum atomic E-state index is 12.4. The number of rotatable bonds is 6. The molecular weight excluding hydrogens is 417 g/mol. The van der Waals surface area contributed by atoms with Crippen LogP contribution in [0.25, 0.3) is 17.2 Å². The van der Waals surface area contributed by atoms with Crippen LogP contribution in [-0.2, 0) is 6.42 Å². The number of alkyl halides is 1. The fraction of sp³-hybridized carbons (Fsp3) is 0.312. The van der Waals surface area contributed by atoms with Gasteiger partial charge in [0.1, 0.15) is 0 Å². The zero-order valence-electron chi connectivity index (χ0n) is 20.4. The van der Waals surface area contributed by atoms with Crippen LogP contribution >= 0.6 is 0 Å². The maximum Gasteiger partial charge on any atom is 0.0906 e. The third-order valence-electron chi connectivity index (χ3n) is 7.42. The van der Waals surface area contributed by atoms with Crippen molar-refractivity contribution in [3.63, 3.8) is 0 Å². The van der Waals surface area contributed by atoms with Crippen LogP contribution in [0, 0.1) is 13.8 Å². The molecule has 1 saturated heterocycles. The number of likely N-dealkylation sites (tertiary alicyclic amines) is 1. The van der Waals surface area contributed by atoms with Gasteiger partial charge in [-0.05, 0) is 95.2 Å².